The summed E-state index contributed by atoms with van der Waals surface area (Å²) < 4.78 is 228. The highest BCUT2D eigenvalue weighted by Gasteiger charge is 2.85. The van der Waals surface area contributed by atoms with E-state index in [9.17, 15) is 79.4 Å². The van der Waals surface area contributed by atoms with E-state index in [0.717, 1.165) is 18.2 Å². The predicted octanol–water partition coefficient (Wildman–Crippen LogP) is 6.46. The molecule has 0 aromatic heterocycles. The summed E-state index contributed by atoms with van der Waals surface area (Å²) in [5, 5.41) is 0. The van der Waals surface area contributed by atoms with Crippen LogP contribution < -0.4 is 4.74 Å². The number of carbonyl (C=O) groups excluding carboxylic acids is 1. The molecular weight excluding hydrogens is 567 g/mol. The summed E-state index contributed by atoms with van der Waals surface area (Å²) in [5.74, 6) is -27.7. The molecule has 0 radical (unpaired) electrons. The highest BCUT2D eigenvalue weighted by atomic mass is 19.4. The Labute approximate surface area is 185 Å². The molecule has 4 nitrogen and oxygen atoms in total. The number of para-hydroxylation sites is 1. The van der Waals surface area contributed by atoms with Gasteiger partial charge in [0.2, 0.25) is 0 Å². The first kappa shape index (κ1) is 31.4. The Morgan fingerprint density at radius 3 is 1.36 bits per heavy atom. The van der Waals surface area contributed by atoms with Gasteiger partial charge in [-0.25, -0.2) is 4.79 Å². The fourth-order valence-electron chi connectivity index (χ4n) is 1.81. The summed E-state index contributed by atoms with van der Waals surface area (Å²) in [7, 11) is 0. The SMILES string of the molecule is O=C(Oc1ccccc1)[C@@](F)(OC(F)(F)[C@@](F)(OC(F)(F)C(F)(F)C(F)(F)F)C(F)(F)F)C(F)(F)F. The van der Waals surface area contributed by atoms with Gasteiger partial charge in [0.25, 0.3) is 0 Å². The monoisotopic (exact) mass is 572 g/mol. The van der Waals surface area contributed by atoms with Gasteiger partial charge in [0.15, 0.2) is 0 Å². The number of hydrogen-bond donors (Lipinski definition) is 0. The third-order valence-electron chi connectivity index (χ3n) is 3.58. The molecule has 0 heterocycles. The van der Waals surface area contributed by atoms with E-state index < -0.39 is 60.1 Å². The standard InChI is InChI=1S/C15H5F17O4/c16-8(11(20,21)22,7(33)34-6-4-2-1-3-5-6)35-15(31,32)10(19,13(26,27)28)36-14(29,30)9(17,18)12(23,24)25/h1-5H/t8-,10+/m1/s1. The number of ether oxygens (including phenoxy) is 3. The Morgan fingerprint density at radius 2 is 1.00 bits per heavy atom. The van der Waals surface area contributed by atoms with Gasteiger partial charge < -0.3 is 4.74 Å². The van der Waals surface area contributed by atoms with Gasteiger partial charge in [-0.05, 0) is 12.1 Å². The van der Waals surface area contributed by atoms with E-state index in [2.05, 4.69) is 4.74 Å². The molecular formula is C15H5F17O4. The van der Waals surface area contributed by atoms with Gasteiger partial charge in [-0.2, -0.15) is 74.6 Å². The van der Waals surface area contributed by atoms with E-state index in [1.54, 1.807) is 0 Å². The molecule has 0 saturated carbocycles. The maximum Gasteiger partial charge on any atom is 0.462 e. The van der Waals surface area contributed by atoms with Crippen LogP contribution in [0.1, 0.15) is 0 Å². The maximum atomic E-state index is 14.2. The minimum Gasteiger partial charge on any atom is -0.422 e. The molecule has 0 saturated heterocycles. The van der Waals surface area contributed by atoms with Crippen LogP contribution >= 0.6 is 0 Å². The highest BCUT2D eigenvalue weighted by Crippen LogP contribution is 2.56. The van der Waals surface area contributed by atoms with Gasteiger partial charge >= 0.3 is 54.3 Å². The number of rotatable bonds is 8. The average Bonchev–Trinajstić information content (AvgIpc) is 2.65. The van der Waals surface area contributed by atoms with Crippen LogP contribution in [0.4, 0.5) is 74.6 Å². The lowest BCUT2D eigenvalue weighted by Gasteiger charge is -2.39. The second-order valence-corrected chi connectivity index (χ2v) is 6.20. The number of halogens is 17. The zero-order chi connectivity index (χ0) is 28.8. The lowest BCUT2D eigenvalue weighted by Crippen LogP contribution is -2.68. The molecule has 2 atom stereocenters. The van der Waals surface area contributed by atoms with Gasteiger partial charge in [0, 0.05) is 0 Å². The lowest BCUT2D eigenvalue weighted by atomic mass is 10.2. The Balaban J connectivity index is 3.61. The maximum absolute atomic E-state index is 14.2. The molecule has 0 spiro atoms. The van der Waals surface area contributed by atoms with Crippen molar-refractivity contribution in [2.75, 3.05) is 0 Å². The number of benzene rings is 1. The van der Waals surface area contributed by atoms with Crippen molar-refractivity contribution in [1.82, 2.24) is 0 Å². The number of alkyl halides is 17. The van der Waals surface area contributed by atoms with Crippen LogP contribution in [0.2, 0.25) is 0 Å². The van der Waals surface area contributed by atoms with Crippen LogP contribution in [0.15, 0.2) is 30.3 Å². The molecule has 1 aromatic carbocycles. The Kier molecular flexibility index (Phi) is 7.92. The molecule has 0 unspecified atom stereocenters. The van der Waals surface area contributed by atoms with Crippen molar-refractivity contribution < 1.29 is 93.6 Å². The first-order valence-corrected chi connectivity index (χ1v) is 8.05. The first-order valence-electron chi connectivity index (χ1n) is 8.05. The molecule has 0 N–H and O–H groups in total. The van der Waals surface area contributed by atoms with Crippen molar-refractivity contribution >= 4 is 5.97 Å². The van der Waals surface area contributed by atoms with Crippen LogP contribution in [0.3, 0.4) is 0 Å². The summed E-state index contributed by atoms with van der Waals surface area (Å²) >= 11 is 0. The molecule has 0 aliphatic carbocycles. The number of hydrogen-bond acceptors (Lipinski definition) is 4. The smallest absolute Gasteiger partial charge is 0.422 e. The summed E-state index contributed by atoms with van der Waals surface area (Å²) in [6, 6.07) is 3.80. The van der Waals surface area contributed by atoms with Crippen molar-refractivity contribution in [3.63, 3.8) is 0 Å². The van der Waals surface area contributed by atoms with Gasteiger partial charge in [-0.3, -0.25) is 9.47 Å². The molecule has 1 rings (SSSR count). The van der Waals surface area contributed by atoms with E-state index in [1.807, 2.05) is 4.74 Å². The van der Waals surface area contributed by atoms with E-state index >= 15 is 0 Å². The van der Waals surface area contributed by atoms with Gasteiger partial charge in [-0.15, -0.1) is 0 Å². The second-order valence-electron chi connectivity index (χ2n) is 6.20. The zero-order valence-corrected chi connectivity index (χ0v) is 15.9. The number of esters is 1. The molecule has 0 fully saturated rings. The summed E-state index contributed by atoms with van der Waals surface area (Å²) in [6.45, 7) is 0. The largest absolute Gasteiger partial charge is 0.462 e. The van der Waals surface area contributed by atoms with E-state index in [1.165, 1.54) is 4.74 Å². The van der Waals surface area contributed by atoms with E-state index in [4.69, 9.17) is 0 Å². The van der Waals surface area contributed by atoms with Crippen LogP contribution in [0.25, 0.3) is 0 Å². The molecule has 36 heavy (non-hydrogen) atoms. The van der Waals surface area contributed by atoms with Crippen molar-refractivity contribution in [1.29, 1.82) is 0 Å². The number of carbonyl (C=O) groups is 1. The minimum absolute atomic E-state index is 0.519. The van der Waals surface area contributed by atoms with Crippen molar-refractivity contribution in [2.24, 2.45) is 0 Å². The van der Waals surface area contributed by atoms with Gasteiger partial charge in [0.1, 0.15) is 5.75 Å². The van der Waals surface area contributed by atoms with Gasteiger partial charge in [-0.1, -0.05) is 18.2 Å². The summed E-state index contributed by atoms with van der Waals surface area (Å²) in [4.78, 5) is 11.5. The first-order chi connectivity index (χ1) is 15.7. The fraction of sp³-hybridized carbons (Fsp3) is 0.533. The topological polar surface area (TPSA) is 44.8 Å². The molecule has 21 heteroatoms. The summed E-state index contributed by atoms with van der Waals surface area (Å²) in [6.07, 6.45) is -38.7. The zero-order valence-electron chi connectivity index (χ0n) is 15.9. The quantitative estimate of drug-likeness (QED) is 0.204. The van der Waals surface area contributed by atoms with Crippen LogP contribution in [0.5, 0.6) is 5.75 Å². The van der Waals surface area contributed by atoms with Crippen molar-refractivity contribution in [2.45, 2.75) is 48.4 Å². The average molecular weight is 572 g/mol. The molecule has 0 aliphatic rings. The minimum atomic E-state index is -8.08. The Bertz CT molecular complexity index is 923. The van der Waals surface area contributed by atoms with E-state index in [0.29, 0.717) is 12.1 Å². The highest BCUT2D eigenvalue weighted by molar-refractivity contribution is 5.81. The molecule has 208 valence electrons. The van der Waals surface area contributed by atoms with E-state index in [-0.39, 0.29) is 0 Å². The van der Waals surface area contributed by atoms with Crippen LogP contribution in [-0.2, 0) is 14.3 Å². The fourth-order valence-corrected chi connectivity index (χ4v) is 1.81. The van der Waals surface area contributed by atoms with Gasteiger partial charge in [0.05, 0.1) is 0 Å². The summed E-state index contributed by atoms with van der Waals surface area (Å²) in [5.41, 5.74) is 0. The second kappa shape index (κ2) is 9.06. The predicted molar refractivity (Wildman–Crippen MR) is 74.9 cm³/mol. The molecule has 1 aromatic rings. The molecule has 0 amide bonds. The van der Waals surface area contributed by atoms with Crippen molar-refractivity contribution in [3.05, 3.63) is 30.3 Å². The molecule has 0 bridgehead atoms. The lowest BCUT2D eigenvalue weighted by molar-refractivity contribution is -0.548. The van der Waals surface area contributed by atoms with Crippen LogP contribution in [0, 0.1) is 0 Å². The van der Waals surface area contributed by atoms with Crippen molar-refractivity contribution in [3.8, 4) is 5.75 Å². The Morgan fingerprint density at radius 1 is 0.556 bits per heavy atom. The third kappa shape index (κ3) is 5.54. The third-order valence-corrected chi connectivity index (χ3v) is 3.58. The Hall–Kier alpha value is -2.58. The van der Waals surface area contributed by atoms with Crippen LogP contribution in [-0.4, -0.2) is 54.3 Å². The normalized spacial score (nSPS) is 17.8. The molecule has 0 aliphatic heterocycles.